The molecule has 3 nitrogen and oxygen atoms in total. The number of hydrogen-bond acceptors (Lipinski definition) is 3. The van der Waals surface area contributed by atoms with Gasteiger partial charge in [0, 0.05) is 23.9 Å². The fourth-order valence-corrected chi connectivity index (χ4v) is 3.49. The first-order valence-corrected chi connectivity index (χ1v) is 8.48. The first kappa shape index (κ1) is 18.6. The summed E-state index contributed by atoms with van der Waals surface area (Å²) in [6.45, 7) is 2.02. The van der Waals surface area contributed by atoms with Crippen molar-refractivity contribution in [1.82, 2.24) is 10.2 Å². The molecular formula is C15H22Cl2N2OS. The number of amides is 1. The monoisotopic (exact) mass is 348 g/mol. The summed E-state index contributed by atoms with van der Waals surface area (Å²) in [6.07, 6.45) is 2.11. The first-order valence-electron chi connectivity index (χ1n) is 6.95. The van der Waals surface area contributed by atoms with Crippen molar-refractivity contribution >= 4 is 41.7 Å². The van der Waals surface area contributed by atoms with Crippen LogP contribution in [0.15, 0.2) is 24.3 Å². The Hall–Kier alpha value is -0.420. The molecule has 1 aliphatic rings. The van der Waals surface area contributed by atoms with Crippen molar-refractivity contribution in [3.63, 3.8) is 0 Å². The number of thioether (sulfide) groups is 1. The zero-order valence-corrected chi connectivity index (χ0v) is 14.6. The number of carbonyl (C=O) groups is 1. The standard InChI is InChI=1S/C15H21ClN2OS.ClH/c1-18(14-5-7-17-8-6-14)15(19)11-20-10-12-3-2-4-13(16)9-12;/h2-4,9,14,17H,5-8,10-11H2,1H3;1H. The summed E-state index contributed by atoms with van der Waals surface area (Å²) < 4.78 is 0. The number of halogens is 2. The van der Waals surface area contributed by atoms with E-state index in [1.54, 1.807) is 11.8 Å². The topological polar surface area (TPSA) is 32.3 Å². The van der Waals surface area contributed by atoms with Gasteiger partial charge >= 0.3 is 0 Å². The van der Waals surface area contributed by atoms with Crippen molar-refractivity contribution in [2.75, 3.05) is 25.9 Å². The molecule has 1 aliphatic heterocycles. The second-order valence-corrected chi connectivity index (χ2v) is 6.53. The van der Waals surface area contributed by atoms with E-state index in [9.17, 15) is 4.79 Å². The van der Waals surface area contributed by atoms with E-state index in [0.29, 0.717) is 11.8 Å². The number of piperidine rings is 1. The number of nitrogens with one attached hydrogen (secondary N) is 1. The van der Waals surface area contributed by atoms with Crippen molar-refractivity contribution in [2.24, 2.45) is 0 Å². The summed E-state index contributed by atoms with van der Waals surface area (Å²) in [5.74, 6) is 1.59. The van der Waals surface area contributed by atoms with Gasteiger partial charge in [-0.25, -0.2) is 0 Å². The molecule has 1 saturated heterocycles. The van der Waals surface area contributed by atoms with Gasteiger partial charge in [-0.05, 0) is 43.6 Å². The SMILES string of the molecule is CN(C(=O)CSCc1cccc(Cl)c1)C1CCNCC1.Cl. The Labute approximate surface area is 142 Å². The summed E-state index contributed by atoms with van der Waals surface area (Å²) in [5.41, 5.74) is 1.17. The molecule has 0 saturated carbocycles. The predicted octanol–water partition coefficient (Wildman–Crippen LogP) is 3.21. The molecule has 0 aliphatic carbocycles. The van der Waals surface area contributed by atoms with Crippen molar-refractivity contribution < 1.29 is 4.79 Å². The quantitative estimate of drug-likeness (QED) is 0.886. The average molecular weight is 349 g/mol. The molecule has 0 bridgehead atoms. The minimum absolute atomic E-state index is 0. The number of carbonyl (C=O) groups excluding carboxylic acids is 1. The van der Waals surface area contributed by atoms with Crippen LogP contribution in [0.3, 0.4) is 0 Å². The molecule has 2 rings (SSSR count). The van der Waals surface area contributed by atoms with Crippen molar-refractivity contribution in [3.8, 4) is 0 Å². The van der Waals surface area contributed by atoms with Crippen LogP contribution in [0, 0.1) is 0 Å². The summed E-state index contributed by atoms with van der Waals surface area (Å²) in [6, 6.07) is 8.21. The number of benzene rings is 1. The van der Waals surface area contributed by atoms with Crippen molar-refractivity contribution in [2.45, 2.75) is 24.6 Å². The number of hydrogen-bond donors (Lipinski definition) is 1. The summed E-state index contributed by atoms with van der Waals surface area (Å²) >= 11 is 7.60. The smallest absolute Gasteiger partial charge is 0.232 e. The number of rotatable bonds is 5. The molecule has 1 aromatic rings. The van der Waals surface area contributed by atoms with Gasteiger partial charge in [-0.2, -0.15) is 0 Å². The van der Waals surface area contributed by atoms with Crippen LogP contribution in [0.4, 0.5) is 0 Å². The van der Waals surface area contributed by atoms with Crippen LogP contribution in [0.25, 0.3) is 0 Å². The lowest BCUT2D eigenvalue weighted by atomic mass is 10.1. The summed E-state index contributed by atoms with van der Waals surface area (Å²) in [5, 5.41) is 4.07. The maximum Gasteiger partial charge on any atom is 0.232 e. The lowest BCUT2D eigenvalue weighted by Crippen LogP contribution is -2.44. The Morgan fingerprint density at radius 2 is 2.14 bits per heavy atom. The lowest BCUT2D eigenvalue weighted by Gasteiger charge is -2.31. The molecule has 1 heterocycles. The second kappa shape index (κ2) is 9.57. The van der Waals surface area contributed by atoms with Gasteiger partial charge in [0.25, 0.3) is 0 Å². The maximum atomic E-state index is 12.2. The Morgan fingerprint density at radius 1 is 1.43 bits per heavy atom. The van der Waals surface area contributed by atoms with Gasteiger partial charge < -0.3 is 10.2 Å². The molecule has 1 N–H and O–H groups in total. The van der Waals surface area contributed by atoms with E-state index < -0.39 is 0 Å². The third-order valence-corrected chi connectivity index (χ3v) is 4.86. The van der Waals surface area contributed by atoms with Crippen molar-refractivity contribution in [1.29, 1.82) is 0 Å². The number of nitrogens with zero attached hydrogens (tertiary/aromatic N) is 1. The van der Waals surface area contributed by atoms with Crippen molar-refractivity contribution in [3.05, 3.63) is 34.9 Å². The van der Waals surface area contributed by atoms with Gasteiger partial charge in [-0.1, -0.05) is 23.7 Å². The van der Waals surface area contributed by atoms with E-state index in [4.69, 9.17) is 11.6 Å². The Balaban J connectivity index is 0.00000220. The van der Waals surface area contributed by atoms with Crippen LogP contribution in [0.2, 0.25) is 5.02 Å². The maximum absolute atomic E-state index is 12.2. The zero-order chi connectivity index (χ0) is 14.4. The summed E-state index contributed by atoms with van der Waals surface area (Å²) in [4.78, 5) is 14.1. The highest BCUT2D eigenvalue weighted by atomic mass is 35.5. The Morgan fingerprint density at radius 3 is 2.81 bits per heavy atom. The molecular weight excluding hydrogens is 327 g/mol. The van der Waals surface area contributed by atoms with E-state index in [1.807, 2.05) is 36.2 Å². The van der Waals surface area contributed by atoms with Gasteiger partial charge in [0.15, 0.2) is 0 Å². The highest BCUT2D eigenvalue weighted by Crippen LogP contribution is 2.18. The Kier molecular flexibility index (Phi) is 8.49. The minimum Gasteiger partial charge on any atom is -0.342 e. The third kappa shape index (κ3) is 6.07. The second-order valence-electron chi connectivity index (χ2n) is 5.11. The van der Waals surface area contributed by atoms with E-state index in [-0.39, 0.29) is 18.3 Å². The largest absolute Gasteiger partial charge is 0.342 e. The van der Waals surface area contributed by atoms with Crippen LogP contribution < -0.4 is 5.32 Å². The molecule has 118 valence electrons. The molecule has 21 heavy (non-hydrogen) atoms. The van der Waals surface area contributed by atoms with E-state index >= 15 is 0 Å². The minimum atomic E-state index is 0. The molecule has 1 fully saturated rings. The van der Waals surface area contributed by atoms with Crippen LogP contribution in [-0.2, 0) is 10.5 Å². The molecule has 0 unspecified atom stereocenters. The van der Waals surface area contributed by atoms with Crippen LogP contribution in [0.1, 0.15) is 18.4 Å². The van der Waals surface area contributed by atoms with Gasteiger partial charge in [-0.15, -0.1) is 24.2 Å². The predicted molar refractivity (Wildman–Crippen MR) is 93.5 cm³/mol. The van der Waals surface area contributed by atoms with Gasteiger partial charge in [0.05, 0.1) is 5.75 Å². The van der Waals surface area contributed by atoms with E-state index in [1.165, 1.54) is 5.56 Å². The molecule has 6 heteroatoms. The molecule has 0 radical (unpaired) electrons. The highest BCUT2D eigenvalue weighted by molar-refractivity contribution is 7.99. The summed E-state index contributed by atoms with van der Waals surface area (Å²) in [7, 11) is 1.93. The van der Waals surface area contributed by atoms with E-state index in [2.05, 4.69) is 5.32 Å². The Bertz CT molecular complexity index is 453. The van der Waals surface area contributed by atoms with Gasteiger partial charge in [0.2, 0.25) is 5.91 Å². The van der Waals surface area contributed by atoms with Crippen LogP contribution in [0.5, 0.6) is 0 Å². The normalized spacial score (nSPS) is 15.3. The molecule has 0 atom stereocenters. The lowest BCUT2D eigenvalue weighted by molar-refractivity contribution is -0.129. The molecule has 0 spiro atoms. The fraction of sp³-hybridized carbons (Fsp3) is 0.533. The first-order chi connectivity index (χ1) is 9.66. The zero-order valence-electron chi connectivity index (χ0n) is 12.2. The van der Waals surface area contributed by atoms with Crippen LogP contribution in [-0.4, -0.2) is 42.7 Å². The molecule has 0 aromatic heterocycles. The van der Waals surface area contributed by atoms with Crippen LogP contribution >= 0.6 is 35.8 Å². The highest BCUT2D eigenvalue weighted by Gasteiger charge is 2.21. The van der Waals surface area contributed by atoms with Gasteiger partial charge in [0.1, 0.15) is 0 Å². The molecule has 1 aromatic carbocycles. The van der Waals surface area contributed by atoms with E-state index in [0.717, 1.165) is 36.7 Å². The van der Waals surface area contributed by atoms with Gasteiger partial charge in [-0.3, -0.25) is 4.79 Å². The molecule has 1 amide bonds. The fourth-order valence-electron chi connectivity index (χ4n) is 2.38. The third-order valence-electron chi connectivity index (χ3n) is 3.63. The average Bonchev–Trinajstić information content (AvgIpc) is 2.47.